The maximum Gasteiger partial charge on any atom is 0.170 e. The summed E-state index contributed by atoms with van der Waals surface area (Å²) in [6.07, 6.45) is 23.0. The minimum atomic E-state index is -0.279. The molecule has 1 atom stereocenters. The molecule has 0 saturated heterocycles. The second kappa shape index (κ2) is 19.6. The van der Waals surface area contributed by atoms with E-state index in [0.717, 1.165) is 43.0 Å². The zero-order valence-corrected chi connectivity index (χ0v) is 24.7. The molecule has 0 spiro atoms. The number of carbonyl (C=O) groups excluding carboxylic acids is 1. The Kier molecular flexibility index (Phi) is 16.6. The van der Waals surface area contributed by atoms with Gasteiger partial charge in [0.15, 0.2) is 6.29 Å². The predicted molar refractivity (Wildman–Crippen MR) is 170 cm³/mol. The van der Waals surface area contributed by atoms with Crippen LogP contribution in [-0.2, 0) is 7.05 Å². The quantitative estimate of drug-likeness (QED) is 0.224. The highest BCUT2D eigenvalue weighted by Gasteiger charge is 2.15. The van der Waals surface area contributed by atoms with Crippen LogP contribution in [0, 0.1) is 12.8 Å². The largest absolute Gasteiger partial charge is 0.404 e. The molecule has 9 heteroatoms. The van der Waals surface area contributed by atoms with Crippen LogP contribution in [0.1, 0.15) is 50.4 Å². The van der Waals surface area contributed by atoms with Crippen molar-refractivity contribution >= 4 is 24.3 Å². The molecule has 0 bridgehead atoms. The van der Waals surface area contributed by atoms with E-state index < -0.39 is 0 Å². The van der Waals surface area contributed by atoms with Gasteiger partial charge in [0, 0.05) is 37.3 Å². The first-order valence-corrected chi connectivity index (χ1v) is 13.5. The molecular weight excluding hydrogens is 517 g/mol. The molecule has 3 heterocycles. The molecule has 3 rings (SSSR count). The summed E-state index contributed by atoms with van der Waals surface area (Å²) in [7, 11) is 1.87. The molecule has 1 unspecified atom stereocenters. The molecule has 218 valence electrons. The average Bonchev–Trinajstić information content (AvgIpc) is 3.16. The highest BCUT2D eigenvalue weighted by atomic mass is 19.1. The van der Waals surface area contributed by atoms with E-state index in [9.17, 15) is 9.18 Å². The Morgan fingerprint density at radius 3 is 2.63 bits per heavy atom. The minimum Gasteiger partial charge on any atom is -0.404 e. The first kappa shape index (κ1) is 34.6. The highest BCUT2D eigenvalue weighted by Crippen LogP contribution is 2.21. The molecule has 41 heavy (non-hydrogen) atoms. The monoisotopic (exact) mass is 559 g/mol. The molecule has 2 N–H and O–H groups in total. The lowest BCUT2D eigenvalue weighted by molar-refractivity contribution is 0.112. The number of likely N-dealkylation sites (N-methyl/N-ethyl adjacent to an activating group) is 1. The summed E-state index contributed by atoms with van der Waals surface area (Å²) in [5.41, 5.74) is 8.93. The van der Waals surface area contributed by atoms with Crippen molar-refractivity contribution in [3.63, 3.8) is 0 Å². The van der Waals surface area contributed by atoms with Crippen molar-refractivity contribution in [1.82, 2.24) is 19.4 Å². The maximum atomic E-state index is 13.2. The van der Waals surface area contributed by atoms with Crippen molar-refractivity contribution in [2.24, 2.45) is 22.8 Å². The van der Waals surface area contributed by atoms with Crippen molar-refractivity contribution in [2.45, 2.75) is 40.2 Å². The molecular formula is C32H42FN7O. The fraction of sp³-hybridized carbons (Fsp3) is 0.344. The van der Waals surface area contributed by atoms with Crippen LogP contribution >= 0.6 is 0 Å². The number of imidazole rings is 1. The van der Waals surface area contributed by atoms with Crippen LogP contribution in [0.5, 0.6) is 0 Å². The molecule has 2 aromatic rings. The zero-order chi connectivity index (χ0) is 30.6. The van der Waals surface area contributed by atoms with Gasteiger partial charge in [0.05, 0.1) is 30.2 Å². The van der Waals surface area contributed by atoms with Gasteiger partial charge in [-0.1, -0.05) is 26.0 Å². The Labute approximate surface area is 244 Å². The van der Waals surface area contributed by atoms with E-state index in [4.69, 9.17) is 5.73 Å². The van der Waals surface area contributed by atoms with Crippen molar-refractivity contribution in [1.29, 1.82) is 0 Å². The molecule has 0 aromatic carbocycles. The van der Waals surface area contributed by atoms with Crippen molar-refractivity contribution in [3.8, 4) is 24.2 Å². The summed E-state index contributed by atoms with van der Waals surface area (Å²) in [4.78, 5) is 30.7. The summed E-state index contributed by atoms with van der Waals surface area (Å²) in [5, 5.41) is 0. The number of aromatic nitrogens is 3. The van der Waals surface area contributed by atoms with Gasteiger partial charge in [-0.3, -0.25) is 24.7 Å². The number of rotatable bonds is 11. The Balaban J connectivity index is 0.000000396. The Bertz CT molecular complexity index is 1280. The van der Waals surface area contributed by atoms with E-state index in [1.807, 2.05) is 48.9 Å². The number of hydrogen-bond donors (Lipinski definition) is 1. The van der Waals surface area contributed by atoms with Gasteiger partial charge < -0.3 is 10.3 Å². The van der Waals surface area contributed by atoms with Gasteiger partial charge in [-0.2, -0.15) is 0 Å². The normalized spacial score (nSPS) is 14.0. The predicted octanol–water partition coefficient (Wildman–Crippen LogP) is 5.46. The lowest BCUT2D eigenvalue weighted by Crippen LogP contribution is -2.35. The van der Waals surface area contributed by atoms with Crippen LogP contribution < -0.4 is 5.73 Å². The molecule has 0 fully saturated rings. The van der Waals surface area contributed by atoms with Crippen LogP contribution in [0.2, 0.25) is 0 Å². The second-order valence-corrected chi connectivity index (χ2v) is 8.84. The lowest BCUT2D eigenvalue weighted by atomic mass is 10.1. The number of allylic oxidation sites excluding steroid dienone is 5. The third-order valence-electron chi connectivity index (χ3n) is 6.06. The van der Waals surface area contributed by atoms with Crippen molar-refractivity contribution in [2.75, 3.05) is 26.2 Å². The number of halogens is 1. The number of aldehydes is 1. The van der Waals surface area contributed by atoms with Crippen molar-refractivity contribution < 1.29 is 9.18 Å². The number of terminal acetylenes is 1. The van der Waals surface area contributed by atoms with Crippen LogP contribution in [-0.4, -0.2) is 69.9 Å². The van der Waals surface area contributed by atoms with Gasteiger partial charge in [-0.05, 0) is 69.8 Å². The zero-order valence-electron chi connectivity index (χ0n) is 24.7. The van der Waals surface area contributed by atoms with Gasteiger partial charge in [-0.25, -0.2) is 9.37 Å². The number of nitrogens with zero attached hydrogens (tertiary/aromatic N) is 6. The summed E-state index contributed by atoms with van der Waals surface area (Å²) in [6.45, 7) is 11.5. The maximum absolute atomic E-state index is 13.2. The number of pyridine rings is 1. The number of aliphatic imine (C=N–C) groups is 2. The summed E-state index contributed by atoms with van der Waals surface area (Å²) < 4.78 is 15.0. The van der Waals surface area contributed by atoms with E-state index in [-0.39, 0.29) is 5.83 Å². The second-order valence-electron chi connectivity index (χ2n) is 8.84. The molecule has 0 radical (unpaired) electrons. The smallest absolute Gasteiger partial charge is 0.170 e. The summed E-state index contributed by atoms with van der Waals surface area (Å²) >= 11 is 0. The fourth-order valence-corrected chi connectivity index (χ4v) is 4.01. The van der Waals surface area contributed by atoms with E-state index in [0.29, 0.717) is 36.1 Å². The Morgan fingerprint density at radius 2 is 2.05 bits per heavy atom. The Hall–Kier alpha value is -4.42. The van der Waals surface area contributed by atoms with Crippen LogP contribution in [0.4, 0.5) is 4.39 Å². The van der Waals surface area contributed by atoms with E-state index in [2.05, 4.69) is 58.5 Å². The first-order valence-electron chi connectivity index (χ1n) is 13.5. The minimum absolute atomic E-state index is 0.279. The van der Waals surface area contributed by atoms with Gasteiger partial charge in [0.2, 0.25) is 0 Å². The highest BCUT2D eigenvalue weighted by molar-refractivity contribution is 6.21. The SMILES string of the molecule is C#C.C/C=C\c1nc(C=O)c(-c2ccccn2)n1C.CCCN(CC)C(C)CN=C/C(=C\N)C1=NCC=C(F)C=C1. The molecule has 1 aliphatic rings. The number of hydrogen-bond acceptors (Lipinski definition) is 7. The molecule has 2 aromatic heterocycles. The van der Waals surface area contributed by atoms with Gasteiger partial charge in [-0.15, -0.1) is 12.8 Å². The molecule has 1 aliphatic heterocycles. The molecule has 8 nitrogen and oxygen atoms in total. The van der Waals surface area contributed by atoms with Crippen LogP contribution in [0.3, 0.4) is 0 Å². The molecule has 0 amide bonds. The van der Waals surface area contributed by atoms with Crippen LogP contribution in [0.25, 0.3) is 17.5 Å². The third-order valence-corrected chi connectivity index (χ3v) is 6.06. The topological polar surface area (TPSA) is 102 Å². The van der Waals surface area contributed by atoms with E-state index in [1.165, 1.54) is 18.4 Å². The molecule has 0 saturated carbocycles. The van der Waals surface area contributed by atoms with Gasteiger partial charge in [0.1, 0.15) is 17.3 Å². The first-order chi connectivity index (χ1) is 19.9. The third kappa shape index (κ3) is 10.9. The average molecular weight is 560 g/mol. The fourth-order valence-electron chi connectivity index (χ4n) is 4.01. The number of carbonyl (C=O) groups is 1. The van der Waals surface area contributed by atoms with Gasteiger partial charge >= 0.3 is 0 Å². The van der Waals surface area contributed by atoms with Crippen LogP contribution in [0.15, 0.2) is 76.3 Å². The summed E-state index contributed by atoms with van der Waals surface area (Å²) in [5.74, 6) is 0.467. The van der Waals surface area contributed by atoms with Crippen molar-refractivity contribution in [3.05, 3.63) is 77.8 Å². The molecule has 0 aliphatic carbocycles. The van der Waals surface area contributed by atoms with Gasteiger partial charge in [0.25, 0.3) is 0 Å². The number of nitrogens with two attached hydrogens (primary N) is 1. The van der Waals surface area contributed by atoms with E-state index >= 15 is 0 Å². The lowest BCUT2D eigenvalue weighted by Gasteiger charge is -2.25. The van der Waals surface area contributed by atoms with E-state index in [1.54, 1.807) is 18.5 Å². The Morgan fingerprint density at radius 1 is 1.29 bits per heavy atom. The standard InChI is InChI=1S/C17H27FN4.C13H13N3O.C2H2/c1-4-10-22(5-2)14(3)12-20-13-15(11-19)17-7-6-16(18)8-9-21-17;1-3-6-12-15-11(9-17)13(16(12)2)10-7-4-5-8-14-10;1-2/h6-8,11,13-14H,4-5,9-10,12,19H2,1-3H3;3-9H,1-2H3;1-2H/b15-11+,20-13?;6-3-;. The summed E-state index contributed by atoms with van der Waals surface area (Å²) in [6, 6.07) is 5.97.